The molecule has 1 atom stereocenters. The number of halogens is 3. The molecule has 1 unspecified atom stereocenters. The molecular formula is C31H31ClF2N6O3. The SMILES string of the molecule is CNc1cc(F)c(Cl)c2c1Cc1ncc(-c3cnc4c(c3)c(=O)c(C(=O)O)cn4C)c(N3CCCC(F)(CN(C)C)C3)c1-2. The zero-order valence-electron chi connectivity index (χ0n) is 24.3. The molecule has 1 fully saturated rings. The molecule has 6 rings (SSSR count). The highest BCUT2D eigenvalue weighted by Crippen LogP contribution is 2.52. The molecule has 4 aromatic rings. The zero-order chi connectivity index (χ0) is 30.8. The van der Waals surface area contributed by atoms with Gasteiger partial charge in [0.1, 0.15) is 22.7 Å². The average Bonchev–Trinajstić information content (AvgIpc) is 3.35. The van der Waals surface area contributed by atoms with Gasteiger partial charge in [-0.3, -0.25) is 9.78 Å². The first-order chi connectivity index (χ1) is 20.4. The van der Waals surface area contributed by atoms with Crippen LogP contribution in [0.25, 0.3) is 33.3 Å². The highest BCUT2D eigenvalue weighted by molar-refractivity contribution is 6.34. The molecule has 0 saturated carbocycles. The number of carboxylic acid groups (broad SMARTS) is 1. The maximum atomic E-state index is 16.3. The van der Waals surface area contributed by atoms with Crippen LogP contribution in [0.1, 0.15) is 34.5 Å². The summed E-state index contributed by atoms with van der Waals surface area (Å²) < 4.78 is 33.0. The van der Waals surface area contributed by atoms with E-state index in [2.05, 4.69) is 10.3 Å². The van der Waals surface area contributed by atoms with E-state index in [0.717, 1.165) is 5.56 Å². The number of benzene rings is 1. The third-order valence-corrected chi connectivity index (χ3v) is 8.69. The zero-order valence-corrected chi connectivity index (χ0v) is 25.0. The van der Waals surface area contributed by atoms with Crippen molar-refractivity contribution in [2.75, 3.05) is 51.0 Å². The molecular weight excluding hydrogens is 578 g/mol. The number of rotatable bonds is 6. The largest absolute Gasteiger partial charge is 0.477 e. The van der Waals surface area contributed by atoms with Crippen molar-refractivity contribution in [1.82, 2.24) is 19.4 Å². The fourth-order valence-corrected chi connectivity index (χ4v) is 6.87. The molecule has 0 bridgehead atoms. The number of aromatic nitrogens is 3. The fraction of sp³-hybridized carbons (Fsp3) is 0.355. The van der Waals surface area contributed by atoms with Crippen LogP contribution in [0.3, 0.4) is 0 Å². The Morgan fingerprint density at radius 2 is 2.00 bits per heavy atom. The first-order valence-corrected chi connectivity index (χ1v) is 14.3. The second kappa shape index (κ2) is 10.6. The summed E-state index contributed by atoms with van der Waals surface area (Å²) in [6.07, 6.45) is 5.88. The van der Waals surface area contributed by atoms with E-state index < -0.39 is 22.9 Å². The average molecular weight is 609 g/mol. The van der Waals surface area contributed by atoms with Gasteiger partial charge in [0.15, 0.2) is 0 Å². The number of aryl methyl sites for hydroxylation is 1. The van der Waals surface area contributed by atoms with Gasteiger partial charge in [0.2, 0.25) is 5.43 Å². The fourth-order valence-electron chi connectivity index (χ4n) is 6.61. The molecule has 0 spiro atoms. The van der Waals surface area contributed by atoms with Gasteiger partial charge in [0, 0.05) is 80.1 Å². The Labute approximate surface area is 251 Å². The third-order valence-electron chi connectivity index (χ3n) is 8.32. The van der Waals surface area contributed by atoms with Crippen molar-refractivity contribution in [3.05, 3.63) is 68.6 Å². The summed E-state index contributed by atoms with van der Waals surface area (Å²) in [5, 5.41) is 12.8. The van der Waals surface area contributed by atoms with Crippen LogP contribution in [0.2, 0.25) is 5.02 Å². The van der Waals surface area contributed by atoms with Crippen molar-refractivity contribution < 1.29 is 18.7 Å². The van der Waals surface area contributed by atoms with Crippen molar-refractivity contribution >= 4 is 40.0 Å². The minimum atomic E-state index is -1.51. The number of pyridine rings is 3. The van der Waals surface area contributed by atoms with Crippen LogP contribution in [0, 0.1) is 5.82 Å². The summed E-state index contributed by atoms with van der Waals surface area (Å²) >= 11 is 6.65. The lowest BCUT2D eigenvalue weighted by molar-refractivity contribution is 0.0694. The normalized spacial score (nSPS) is 17.8. The summed E-state index contributed by atoms with van der Waals surface area (Å²) in [5.41, 5.74) is 2.64. The predicted octanol–water partition coefficient (Wildman–Crippen LogP) is 4.97. The van der Waals surface area contributed by atoms with Crippen LogP contribution in [0.4, 0.5) is 20.2 Å². The van der Waals surface area contributed by atoms with Gasteiger partial charge in [-0.2, -0.15) is 0 Å². The maximum Gasteiger partial charge on any atom is 0.341 e. The Kier molecular flexibility index (Phi) is 7.13. The molecule has 0 amide bonds. The molecule has 1 aliphatic carbocycles. The van der Waals surface area contributed by atoms with Crippen LogP contribution in [0.5, 0.6) is 0 Å². The highest BCUT2D eigenvalue weighted by Gasteiger charge is 2.40. The minimum absolute atomic E-state index is 0.0404. The van der Waals surface area contributed by atoms with E-state index in [1.54, 1.807) is 32.6 Å². The van der Waals surface area contributed by atoms with Gasteiger partial charge in [-0.05, 0) is 44.6 Å². The van der Waals surface area contributed by atoms with E-state index in [9.17, 15) is 14.7 Å². The molecule has 12 heteroatoms. The molecule has 43 heavy (non-hydrogen) atoms. The van der Waals surface area contributed by atoms with E-state index in [4.69, 9.17) is 16.6 Å². The van der Waals surface area contributed by atoms with Crippen molar-refractivity contribution in [2.45, 2.75) is 24.9 Å². The van der Waals surface area contributed by atoms with Crippen LogP contribution in [0.15, 0.2) is 35.5 Å². The number of hydrogen-bond donors (Lipinski definition) is 2. The maximum absolute atomic E-state index is 16.3. The first-order valence-electron chi connectivity index (χ1n) is 13.9. The molecule has 4 heterocycles. The molecule has 224 valence electrons. The number of alkyl halides is 1. The van der Waals surface area contributed by atoms with Gasteiger partial charge in [0.25, 0.3) is 0 Å². The molecule has 9 nitrogen and oxygen atoms in total. The minimum Gasteiger partial charge on any atom is -0.477 e. The van der Waals surface area contributed by atoms with E-state index in [1.807, 2.05) is 23.9 Å². The van der Waals surface area contributed by atoms with Gasteiger partial charge in [-0.1, -0.05) is 11.6 Å². The Hall–Kier alpha value is -4.09. The van der Waals surface area contributed by atoms with Gasteiger partial charge >= 0.3 is 5.97 Å². The van der Waals surface area contributed by atoms with Crippen molar-refractivity contribution in [3.63, 3.8) is 0 Å². The number of nitrogens with zero attached hydrogens (tertiary/aromatic N) is 5. The smallest absolute Gasteiger partial charge is 0.341 e. The number of carboxylic acids is 1. The molecule has 1 aromatic carbocycles. The van der Waals surface area contributed by atoms with Crippen LogP contribution >= 0.6 is 11.6 Å². The van der Waals surface area contributed by atoms with Gasteiger partial charge < -0.3 is 24.8 Å². The van der Waals surface area contributed by atoms with Gasteiger partial charge in [-0.25, -0.2) is 18.6 Å². The Balaban J connectivity index is 1.64. The quantitative estimate of drug-likeness (QED) is 0.279. The number of nitrogens with one attached hydrogen (secondary N) is 1. The Morgan fingerprint density at radius 3 is 2.70 bits per heavy atom. The number of anilines is 2. The van der Waals surface area contributed by atoms with Crippen LogP contribution in [-0.4, -0.2) is 77.0 Å². The first kappa shape index (κ1) is 29.0. The predicted molar refractivity (Wildman–Crippen MR) is 164 cm³/mol. The monoisotopic (exact) mass is 608 g/mol. The van der Waals surface area contributed by atoms with Crippen LogP contribution in [-0.2, 0) is 13.5 Å². The molecule has 2 aliphatic rings. The lowest BCUT2D eigenvalue weighted by atomic mass is 9.91. The topological polar surface area (TPSA) is 104 Å². The summed E-state index contributed by atoms with van der Waals surface area (Å²) in [6.45, 7) is 0.852. The summed E-state index contributed by atoms with van der Waals surface area (Å²) in [7, 11) is 7.00. The van der Waals surface area contributed by atoms with E-state index in [0.29, 0.717) is 70.8 Å². The summed E-state index contributed by atoms with van der Waals surface area (Å²) in [6, 6.07) is 2.96. The number of carbonyl (C=O) groups is 1. The number of hydrogen-bond acceptors (Lipinski definition) is 7. The van der Waals surface area contributed by atoms with Crippen molar-refractivity contribution in [1.29, 1.82) is 0 Å². The van der Waals surface area contributed by atoms with E-state index in [1.165, 1.54) is 16.8 Å². The molecule has 3 aromatic heterocycles. The van der Waals surface area contributed by atoms with E-state index >= 15 is 8.78 Å². The molecule has 1 saturated heterocycles. The lowest BCUT2D eigenvalue weighted by Crippen LogP contribution is -2.50. The highest BCUT2D eigenvalue weighted by atomic mass is 35.5. The van der Waals surface area contributed by atoms with Crippen molar-refractivity contribution in [2.24, 2.45) is 7.05 Å². The number of piperidine rings is 1. The van der Waals surface area contributed by atoms with Gasteiger partial charge in [-0.15, -0.1) is 0 Å². The van der Waals surface area contributed by atoms with Crippen LogP contribution < -0.4 is 15.6 Å². The Morgan fingerprint density at radius 1 is 1.23 bits per heavy atom. The number of fused-ring (bicyclic) bond motifs is 4. The van der Waals surface area contributed by atoms with Crippen molar-refractivity contribution in [3.8, 4) is 22.3 Å². The third kappa shape index (κ3) is 4.80. The summed E-state index contributed by atoms with van der Waals surface area (Å²) in [5.74, 6) is -1.92. The standard InChI is InChI=1S/C31H31ClF2N6O3/c1-35-22-10-21(33)26(32)24-17(22)9-23-25(24)27(40-7-5-6-31(34,15-40)14-38(2)3)19(12-36-23)16-8-18-28(41)20(30(42)43)13-39(4)29(18)37-11-16/h8,10-13,35H,5-7,9,14-15H2,1-4H3,(H,42,43). The second-order valence-corrected chi connectivity index (χ2v) is 12.0. The number of aromatic carboxylic acids is 1. The molecule has 0 radical (unpaired) electrons. The molecule has 2 N–H and O–H groups in total. The lowest BCUT2D eigenvalue weighted by Gasteiger charge is -2.41. The molecule has 1 aliphatic heterocycles. The summed E-state index contributed by atoms with van der Waals surface area (Å²) in [4.78, 5) is 38.1. The van der Waals surface area contributed by atoms with Gasteiger partial charge in [0.05, 0.1) is 28.3 Å². The second-order valence-electron chi connectivity index (χ2n) is 11.6. The Bertz CT molecular complexity index is 1880. The van der Waals surface area contributed by atoms with E-state index in [-0.39, 0.29) is 29.1 Å².